The number of rotatable bonds is 0. The van der Waals surface area contributed by atoms with Crippen molar-refractivity contribution < 1.29 is 8.42 Å². The van der Waals surface area contributed by atoms with Crippen LogP contribution in [0.15, 0.2) is 0 Å². The third kappa shape index (κ3) is 0.980. The minimum absolute atomic E-state index is 0.0903. The summed E-state index contributed by atoms with van der Waals surface area (Å²) >= 11 is 0. The van der Waals surface area contributed by atoms with Gasteiger partial charge in [0.1, 0.15) is 0 Å². The fourth-order valence-corrected chi connectivity index (χ4v) is 2.92. The van der Waals surface area contributed by atoms with Gasteiger partial charge < -0.3 is 0 Å². The summed E-state index contributed by atoms with van der Waals surface area (Å²) in [7, 11) is -2.70. The Morgan fingerprint density at radius 1 is 1.11 bits per heavy atom. The molecule has 0 bridgehead atoms. The molecule has 0 spiro atoms. The third-order valence-electron chi connectivity index (χ3n) is 2.10. The van der Waals surface area contributed by atoms with Crippen LogP contribution in [-0.2, 0) is 9.84 Å². The molecule has 0 amide bonds. The van der Waals surface area contributed by atoms with Crippen LogP contribution in [0.5, 0.6) is 0 Å². The fourth-order valence-electron chi connectivity index (χ4n) is 1.19. The number of hydrogen-bond acceptors (Lipinski definition) is 2. The van der Waals surface area contributed by atoms with Crippen molar-refractivity contribution in [3.63, 3.8) is 0 Å². The smallest absolute Gasteiger partial charge is 0.155 e. The van der Waals surface area contributed by atoms with E-state index in [1.807, 2.05) is 0 Å². The highest BCUT2D eigenvalue weighted by Crippen LogP contribution is 2.25. The molecule has 0 aromatic carbocycles. The second kappa shape index (κ2) is 1.97. The molecule has 2 nitrogen and oxygen atoms in total. The van der Waals surface area contributed by atoms with Gasteiger partial charge in [0.25, 0.3) is 0 Å². The van der Waals surface area contributed by atoms with Crippen LogP contribution in [0.25, 0.3) is 0 Å². The summed E-state index contributed by atoms with van der Waals surface area (Å²) in [6, 6.07) is 0. The lowest BCUT2D eigenvalue weighted by molar-refractivity contribution is 0.587. The second-order valence-corrected chi connectivity index (χ2v) is 5.58. The standard InChI is InChI=1S/C6H12O2S/c1-5-3-4-6(2)9(5,7)8/h5-6H,3-4H2,1-2H3/t5-,6-/m0/s1. The van der Waals surface area contributed by atoms with Crippen molar-refractivity contribution in [3.05, 3.63) is 0 Å². The van der Waals surface area contributed by atoms with Crippen LogP contribution < -0.4 is 0 Å². The lowest BCUT2D eigenvalue weighted by Gasteiger charge is -2.02. The zero-order valence-electron chi connectivity index (χ0n) is 5.79. The van der Waals surface area contributed by atoms with E-state index in [1.54, 1.807) is 13.8 Å². The molecule has 1 aliphatic heterocycles. The van der Waals surface area contributed by atoms with Crippen molar-refractivity contribution in [1.82, 2.24) is 0 Å². The van der Waals surface area contributed by atoms with E-state index in [2.05, 4.69) is 0 Å². The first-order chi connectivity index (χ1) is 4.05. The topological polar surface area (TPSA) is 34.1 Å². The third-order valence-corrected chi connectivity index (χ3v) is 4.82. The van der Waals surface area contributed by atoms with Crippen LogP contribution in [0.4, 0.5) is 0 Å². The van der Waals surface area contributed by atoms with Crippen molar-refractivity contribution in [2.45, 2.75) is 37.2 Å². The van der Waals surface area contributed by atoms with E-state index < -0.39 is 9.84 Å². The average molecular weight is 148 g/mol. The first-order valence-electron chi connectivity index (χ1n) is 3.28. The number of sulfone groups is 1. The summed E-state index contributed by atoms with van der Waals surface area (Å²) < 4.78 is 22.2. The SMILES string of the molecule is C[C@H]1CC[C@H](C)S1(=O)=O. The maximum atomic E-state index is 11.1. The Morgan fingerprint density at radius 3 is 1.56 bits per heavy atom. The molecule has 0 radical (unpaired) electrons. The Labute approximate surface area is 56.2 Å². The van der Waals surface area contributed by atoms with Crippen LogP contribution in [0, 0.1) is 0 Å². The van der Waals surface area contributed by atoms with Gasteiger partial charge in [0.2, 0.25) is 0 Å². The van der Waals surface area contributed by atoms with E-state index in [0.29, 0.717) is 0 Å². The molecule has 0 aliphatic carbocycles. The Balaban J connectivity index is 2.93. The highest BCUT2D eigenvalue weighted by Gasteiger charge is 2.34. The molecule has 9 heavy (non-hydrogen) atoms. The van der Waals surface area contributed by atoms with Gasteiger partial charge in [-0.3, -0.25) is 0 Å². The molecule has 0 aromatic rings. The molecule has 1 fully saturated rings. The van der Waals surface area contributed by atoms with Gasteiger partial charge in [-0.05, 0) is 26.7 Å². The first kappa shape index (κ1) is 7.06. The predicted molar refractivity (Wildman–Crippen MR) is 37.1 cm³/mol. The molecule has 0 aromatic heterocycles. The maximum Gasteiger partial charge on any atom is 0.155 e. The van der Waals surface area contributed by atoms with Gasteiger partial charge in [-0.2, -0.15) is 0 Å². The van der Waals surface area contributed by atoms with E-state index in [0.717, 1.165) is 12.8 Å². The molecule has 0 unspecified atom stereocenters. The molecule has 1 saturated heterocycles. The molecule has 1 heterocycles. The Morgan fingerprint density at radius 2 is 1.44 bits per heavy atom. The summed E-state index contributed by atoms with van der Waals surface area (Å²) in [5.74, 6) is 0. The molecule has 1 aliphatic rings. The molecular formula is C6H12O2S. The molecule has 1 rings (SSSR count). The second-order valence-electron chi connectivity index (χ2n) is 2.79. The van der Waals surface area contributed by atoms with E-state index in [1.165, 1.54) is 0 Å². The van der Waals surface area contributed by atoms with Gasteiger partial charge in [0.05, 0.1) is 10.5 Å². The van der Waals surface area contributed by atoms with Crippen molar-refractivity contribution in [2.24, 2.45) is 0 Å². The lowest BCUT2D eigenvalue weighted by Crippen LogP contribution is -2.17. The van der Waals surface area contributed by atoms with Gasteiger partial charge in [-0.25, -0.2) is 8.42 Å². The fraction of sp³-hybridized carbons (Fsp3) is 1.00. The monoisotopic (exact) mass is 148 g/mol. The Bertz CT molecular complexity index is 177. The average Bonchev–Trinajstić information content (AvgIpc) is 1.96. The normalized spacial score (nSPS) is 41.1. The largest absolute Gasteiger partial charge is 0.228 e. The van der Waals surface area contributed by atoms with Gasteiger partial charge in [-0.1, -0.05) is 0 Å². The molecule has 0 N–H and O–H groups in total. The molecule has 2 atom stereocenters. The number of hydrogen-bond donors (Lipinski definition) is 0. The van der Waals surface area contributed by atoms with Gasteiger partial charge in [0, 0.05) is 0 Å². The summed E-state index contributed by atoms with van der Waals surface area (Å²) in [5, 5.41) is -0.181. The first-order valence-corrected chi connectivity index (χ1v) is 4.89. The summed E-state index contributed by atoms with van der Waals surface area (Å²) in [6.07, 6.45) is 1.70. The van der Waals surface area contributed by atoms with Crippen molar-refractivity contribution >= 4 is 9.84 Å². The van der Waals surface area contributed by atoms with Crippen LogP contribution in [-0.4, -0.2) is 18.9 Å². The predicted octanol–water partition coefficient (Wildman–Crippen LogP) is 0.972. The van der Waals surface area contributed by atoms with E-state index in [9.17, 15) is 8.42 Å². The van der Waals surface area contributed by atoms with E-state index in [4.69, 9.17) is 0 Å². The van der Waals surface area contributed by atoms with Crippen molar-refractivity contribution in [1.29, 1.82) is 0 Å². The minimum Gasteiger partial charge on any atom is -0.228 e. The van der Waals surface area contributed by atoms with Gasteiger partial charge >= 0.3 is 0 Å². The summed E-state index contributed by atoms with van der Waals surface area (Å²) in [6.45, 7) is 3.58. The summed E-state index contributed by atoms with van der Waals surface area (Å²) in [5.41, 5.74) is 0. The highest BCUT2D eigenvalue weighted by atomic mass is 32.2. The van der Waals surface area contributed by atoms with Crippen molar-refractivity contribution in [3.8, 4) is 0 Å². The van der Waals surface area contributed by atoms with E-state index >= 15 is 0 Å². The quantitative estimate of drug-likeness (QED) is 0.513. The van der Waals surface area contributed by atoms with Gasteiger partial charge in [-0.15, -0.1) is 0 Å². The van der Waals surface area contributed by atoms with Gasteiger partial charge in [0.15, 0.2) is 9.84 Å². The van der Waals surface area contributed by atoms with Crippen LogP contribution in [0.1, 0.15) is 26.7 Å². The van der Waals surface area contributed by atoms with Crippen LogP contribution in [0.2, 0.25) is 0 Å². The highest BCUT2D eigenvalue weighted by molar-refractivity contribution is 7.92. The molecule has 54 valence electrons. The lowest BCUT2D eigenvalue weighted by atomic mass is 10.2. The molecular weight excluding hydrogens is 136 g/mol. The summed E-state index contributed by atoms with van der Waals surface area (Å²) in [4.78, 5) is 0. The molecule has 3 heteroatoms. The Hall–Kier alpha value is -0.0500. The van der Waals surface area contributed by atoms with Crippen LogP contribution >= 0.6 is 0 Å². The Kier molecular flexibility index (Phi) is 1.55. The van der Waals surface area contributed by atoms with Crippen LogP contribution in [0.3, 0.4) is 0 Å². The zero-order valence-corrected chi connectivity index (χ0v) is 6.61. The molecule has 0 saturated carbocycles. The zero-order chi connectivity index (χ0) is 7.07. The van der Waals surface area contributed by atoms with Crippen molar-refractivity contribution in [2.75, 3.05) is 0 Å². The maximum absolute atomic E-state index is 11.1. The van der Waals surface area contributed by atoms with E-state index in [-0.39, 0.29) is 10.5 Å². The minimum atomic E-state index is -2.70.